The number of benzene rings is 1. The largest absolute Gasteiger partial charge is 0.311 e. The molecule has 0 saturated carbocycles. The van der Waals surface area contributed by atoms with Crippen LogP contribution in [0.3, 0.4) is 0 Å². The lowest BCUT2D eigenvalue weighted by molar-refractivity contribution is -0.120. The van der Waals surface area contributed by atoms with Crippen molar-refractivity contribution in [2.75, 3.05) is 31.1 Å². The Labute approximate surface area is 148 Å². The van der Waals surface area contributed by atoms with Crippen LogP contribution < -0.4 is 4.90 Å². The number of carbonyl (C=O) groups excluding carboxylic acids is 1. The molecule has 1 fully saturated rings. The Bertz CT molecular complexity index is 714. The van der Waals surface area contributed by atoms with E-state index in [1.54, 1.807) is 12.7 Å². The van der Waals surface area contributed by atoms with Crippen molar-refractivity contribution in [3.8, 4) is 0 Å². The molecule has 25 heavy (non-hydrogen) atoms. The minimum absolute atomic E-state index is 0.230. The second-order valence-electron chi connectivity index (χ2n) is 7.14. The molecule has 2 aromatic rings. The molecule has 1 unspecified atom stereocenters. The van der Waals surface area contributed by atoms with Crippen LogP contribution in [0.1, 0.15) is 24.8 Å². The number of aryl methyl sites for hydroxylation is 1. The van der Waals surface area contributed by atoms with Crippen LogP contribution in [-0.2, 0) is 17.8 Å². The first-order chi connectivity index (χ1) is 12.3. The SMILES string of the molecule is O=C(CN1CCCC(Cn2cncn2)C1)N1CCCc2ccccc21. The third-order valence-corrected chi connectivity index (χ3v) is 5.29. The van der Waals surface area contributed by atoms with Crippen molar-refractivity contribution >= 4 is 11.6 Å². The number of para-hydroxylation sites is 1. The van der Waals surface area contributed by atoms with Gasteiger partial charge in [0.25, 0.3) is 0 Å². The van der Waals surface area contributed by atoms with E-state index < -0.39 is 0 Å². The highest BCUT2D eigenvalue weighted by Gasteiger charge is 2.26. The van der Waals surface area contributed by atoms with Gasteiger partial charge >= 0.3 is 0 Å². The smallest absolute Gasteiger partial charge is 0.241 e. The highest BCUT2D eigenvalue weighted by atomic mass is 16.2. The molecule has 0 N–H and O–H groups in total. The maximum Gasteiger partial charge on any atom is 0.241 e. The van der Waals surface area contributed by atoms with Crippen LogP contribution in [-0.4, -0.2) is 51.8 Å². The highest BCUT2D eigenvalue weighted by Crippen LogP contribution is 2.27. The molecule has 1 atom stereocenters. The molecule has 1 aromatic heterocycles. The van der Waals surface area contributed by atoms with Crippen molar-refractivity contribution < 1.29 is 4.79 Å². The summed E-state index contributed by atoms with van der Waals surface area (Å²) in [7, 11) is 0. The Balaban J connectivity index is 1.38. The first-order valence-electron chi connectivity index (χ1n) is 9.22. The number of hydrogen-bond donors (Lipinski definition) is 0. The van der Waals surface area contributed by atoms with E-state index in [-0.39, 0.29) is 5.91 Å². The van der Waals surface area contributed by atoms with E-state index in [4.69, 9.17) is 0 Å². The van der Waals surface area contributed by atoms with Crippen LogP contribution in [0.5, 0.6) is 0 Å². The number of rotatable bonds is 4. The van der Waals surface area contributed by atoms with Crippen molar-refractivity contribution in [3.63, 3.8) is 0 Å². The molecular weight excluding hydrogens is 314 g/mol. The minimum Gasteiger partial charge on any atom is -0.311 e. The molecule has 1 saturated heterocycles. The van der Waals surface area contributed by atoms with Gasteiger partial charge in [-0.05, 0) is 49.8 Å². The molecule has 1 amide bonds. The summed E-state index contributed by atoms with van der Waals surface area (Å²) in [6.45, 7) is 4.21. The third kappa shape index (κ3) is 3.74. The Hall–Kier alpha value is -2.21. The summed E-state index contributed by atoms with van der Waals surface area (Å²) in [6.07, 6.45) is 7.81. The monoisotopic (exact) mass is 339 g/mol. The number of piperidine rings is 1. The standard InChI is InChI=1S/C19H25N5O/c25-19(24-10-4-7-17-6-1-2-8-18(17)24)13-22-9-3-5-16(11-22)12-23-15-20-14-21-23/h1-2,6,8,14-16H,3-5,7,9-13H2. The van der Waals surface area contributed by atoms with E-state index in [9.17, 15) is 4.79 Å². The molecule has 0 spiro atoms. The summed E-state index contributed by atoms with van der Waals surface area (Å²) in [5, 5.41) is 4.21. The molecule has 132 valence electrons. The van der Waals surface area contributed by atoms with Crippen molar-refractivity contribution in [3.05, 3.63) is 42.5 Å². The second-order valence-corrected chi connectivity index (χ2v) is 7.14. The molecule has 2 aliphatic rings. The summed E-state index contributed by atoms with van der Waals surface area (Å²) in [5.74, 6) is 0.769. The number of nitrogens with zero attached hydrogens (tertiary/aromatic N) is 5. The average molecular weight is 339 g/mol. The maximum absolute atomic E-state index is 12.9. The van der Waals surface area contributed by atoms with Gasteiger partial charge in [-0.2, -0.15) is 5.10 Å². The van der Waals surface area contributed by atoms with E-state index in [1.807, 2.05) is 15.6 Å². The molecule has 3 heterocycles. The van der Waals surface area contributed by atoms with Gasteiger partial charge in [0.05, 0.1) is 6.54 Å². The Morgan fingerprint density at radius 1 is 1.20 bits per heavy atom. The van der Waals surface area contributed by atoms with Crippen LogP contribution in [0.2, 0.25) is 0 Å². The van der Waals surface area contributed by atoms with Crippen LogP contribution in [0, 0.1) is 5.92 Å². The van der Waals surface area contributed by atoms with Crippen molar-refractivity contribution in [1.82, 2.24) is 19.7 Å². The van der Waals surface area contributed by atoms with Crippen LogP contribution in [0.15, 0.2) is 36.9 Å². The lowest BCUT2D eigenvalue weighted by atomic mass is 9.98. The summed E-state index contributed by atoms with van der Waals surface area (Å²) >= 11 is 0. The first kappa shape index (κ1) is 16.3. The van der Waals surface area contributed by atoms with Gasteiger partial charge in [0.1, 0.15) is 12.7 Å². The number of carbonyl (C=O) groups is 1. The number of likely N-dealkylation sites (tertiary alicyclic amines) is 1. The predicted octanol–water partition coefficient (Wildman–Crippen LogP) is 1.97. The lowest BCUT2D eigenvalue weighted by Gasteiger charge is -2.35. The first-order valence-corrected chi connectivity index (χ1v) is 9.22. The van der Waals surface area contributed by atoms with E-state index in [0.717, 1.165) is 51.1 Å². The fourth-order valence-corrected chi connectivity index (χ4v) is 4.10. The summed E-state index contributed by atoms with van der Waals surface area (Å²) < 4.78 is 1.90. The van der Waals surface area contributed by atoms with Gasteiger partial charge in [-0.3, -0.25) is 14.4 Å². The number of hydrogen-bond acceptors (Lipinski definition) is 4. The third-order valence-electron chi connectivity index (χ3n) is 5.29. The van der Waals surface area contributed by atoms with E-state index >= 15 is 0 Å². The van der Waals surface area contributed by atoms with Gasteiger partial charge in [-0.15, -0.1) is 0 Å². The Kier molecular flexibility index (Phi) is 4.78. The topological polar surface area (TPSA) is 54.3 Å². The quantitative estimate of drug-likeness (QED) is 0.855. The van der Waals surface area contributed by atoms with Crippen molar-refractivity contribution in [1.29, 1.82) is 0 Å². The molecule has 1 aromatic carbocycles. The molecular formula is C19H25N5O. The molecule has 6 heteroatoms. The number of aromatic nitrogens is 3. The molecule has 2 aliphatic heterocycles. The number of amides is 1. The van der Waals surface area contributed by atoms with Crippen molar-refractivity contribution in [2.24, 2.45) is 5.92 Å². The van der Waals surface area contributed by atoms with Crippen LogP contribution in [0.25, 0.3) is 0 Å². The number of anilines is 1. The lowest BCUT2D eigenvalue weighted by Crippen LogP contribution is -2.46. The average Bonchev–Trinajstić information content (AvgIpc) is 3.14. The van der Waals surface area contributed by atoms with Gasteiger partial charge in [0.15, 0.2) is 0 Å². The van der Waals surface area contributed by atoms with E-state index in [1.165, 1.54) is 12.0 Å². The van der Waals surface area contributed by atoms with Gasteiger partial charge in [-0.1, -0.05) is 18.2 Å². The van der Waals surface area contributed by atoms with Crippen LogP contribution >= 0.6 is 0 Å². The summed E-state index contributed by atoms with van der Waals surface area (Å²) in [6, 6.07) is 8.31. The zero-order valence-electron chi connectivity index (χ0n) is 14.5. The van der Waals surface area contributed by atoms with E-state index in [0.29, 0.717) is 12.5 Å². The van der Waals surface area contributed by atoms with E-state index in [2.05, 4.69) is 33.2 Å². The second kappa shape index (κ2) is 7.35. The Morgan fingerprint density at radius 3 is 3.00 bits per heavy atom. The van der Waals surface area contributed by atoms with Crippen LogP contribution in [0.4, 0.5) is 5.69 Å². The highest BCUT2D eigenvalue weighted by molar-refractivity contribution is 5.95. The van der Waals surface area contributed by atoms with Gasteiger partial charge < -0.3 is 4.90 Å². The fraction of sp³-hybridized carbons (Fsp3) is 0.526. The van der Waals surface area contributed by atoms with Crippen molar-refractivity contribution in [2.45, 2.75) is 32.2 Å². The minimum atomic E-state index is 0.230. The molecule has 0 radical (unpaired) electrons. The summed E-state index contributed by atoms with van der Waals surface area (Å²) in [5.41, 5.74) is 2.40. The van der Waals surface area contributed by atoms with Gasteiger partial charge in [-0.25, -0.2) is 4.98 Å². The normalized spacial score (nSPS) is 21.1. The zero-order valence-corrected chi connectivity index (χ0v) is 14.5. The van der Waals surface area contributed by atoms with Gasteiger partial charge in [0, 0.05) is 25.3 Å². The summed E-state index contributed by atoms with van der Waals surface area (Å²) in [4.78, 5) is 21.2. The maximum atomic E-state index is 12.9. The molecule has 4 rings (SSSR count). The predicted molar refractivity (Wildman–Crippen MR) is 96.3 cm³/mol. The fourth-order valence-electron chi connectivity index (χ4n) is 4.10. The van der Waals surface area contributed by atoms with Gasteiger partial charge in [0.2, 0.25) is 5.91 Å². The Morgan fingerprint density at radius 2 is 2.12 bits per heavy atom. The molecule has 6 nitrogen and oxygen atoms in total. The molecule has 0 bridgehead atoms. The number of fused-ring (bicyclic) bond motifs is 1. The molecule has 0 aliphatic carbocycles. The zero-order chi connectivity index (χ0) is 17.1.